The number of nitriles is 4. The van der Waals surface area contributed by atoms with Gasteiger partial charge in [0.2, 0.25) is 0 Å². The van der Waals surface area contributed by atoms with Gasteiger partial charge in [-0.1, -0.05) is 72.1 Å². The van der Waals surface area contributed by atoms with Crippen LogP contribution in [0.3, 0.4) is 0 Å². The van der Waals surface area contributed by atoms with E-state index in [2.05, 4.69) is 82.9 Å². The van der Waals surface area contributed by atoms with Crippen molar-refractivity contribution in [1.29, 1.82) is 21.0 Å². The lowest BCUT2D eigenvalue weighted by Gasteiger charge is -2.09. The second-order valence-corrected chi connectivity index (χ2v) is 24.7. The number of unbranched alkanes of at least 4 members (excludes halogenated alkanes) is 9. The van der Waals surface area contributed by atoms with Crippen molar-refractivity contribution in [2.24, 2.45) is 0 Å². The van der Waals surface area contributed by atoms with Gasteiger partial charge in [-0.3, -0.25) is 14.4 Å². The van der Waals surface area contributed by atoms with Gasteiger partial charge >= 0.3 is 71.6 Å². The number of aliphatic hydroxyl groups excluding tert-OH is 8. The van der Waals surface area contributed by atoms with E-state index in [1.165, 1.54) is 20.8 Å². The summed E-state index contributed by atoms with van der Waals surface area (Å²) in [5.41, 5.74) is 2.99. The number of esters is 12. The fourth-order valence-corrected chi connectivity index (χ4v) is 5.84. The predicted molar refractivity (Wildman–Crippen MR) is 433 cm³/mol. The highest BCUT2D eigenvalue weighted by Crippen LogP contribution is 2.07. The molecule has 0 radical (unpaired) electrons. The fourth-order valence-electron chi connectivity index (χ4n) is 5.84. The number of rotatable bonds is 52. The molecule has 0 fully saturated rings. The molecular weight excluding hydrogens is 1560 g/mol. The molecule has 674 valence electrons. The predicted octanol–water partition coefficient (Wildman–Crippen LogP) is 7.52. The van der Waals surface area contributed by atoms with Gasteiger partial charge in [0.15, 0.2) is 6.61 Å². The van der Waals surface area contributed by atoms with Gasteiger partial charge in [-0.05, 0) is 133 Å². The third-order valence-corrected chi connectivity index (χ3v) is 12.3. The molecule has 0 spiro atoms. The van der Waals surface area contributed by atoms with Gasteiger partial charge in [0.05, 0.1) is 76.5 Å². The lowest BCUT2D eigenvalue weighted by molar-refractivity contribution is -0.150. The molecule has 0 aromatic heterocycles. The molecule has 0 amide bonds. The average molecular weight is 1700 g/mol. The van der Waals surface area contributed by atoms with E-state index < -0.39 is 66.7 Å². The summed E-state index contributed by atoms with van der Waals surface area (Å²) < 4.78 is 56.6. The summed E-state index contributed by atoms with van der Waals surface area (Å²) in [6.45, 7) is 44.9. The minimum absolute atomic E-state index is 0.0195. The molecule has 0 heterocycles. The van der Waals surface area contributed by atoms with Gasteiger partial charge in [-0.2, -0.15) is 21.0 Å². The van der Waals surface area contributed by atoms with Crippen LogP contribution in [0, 0.1) is 45.3 Å². The quantitative estimate of drug-likeness (QED) is 0.0126. The maximum atomic E-state index is 11.5. The maximum Gasteiger partial charge on any atom is 0.334 e. The Balaban J connectivity index is -0.000000167. The zero-order chi connectivity index (χ0) is 93.3. The molecule has 8 N–H and O–H groups in total. The van der Waals surface area contributed by atoms with Crippen LogP contribution in [0.5, 0.6) is 0 Å². The highest BCUT2D eigenvalue weighted by atomic mass is 16.6. The summed E-state index contributed by atoms with van der Waals surface area (Å²) in [4.78, 5) is 131. The van der Waals surface area contributed by atoms with E-state index in [1.54, 1.807) is 47.6 Å². The average Bonchev–Trinajstić information content (AvgIpc) is 1.78. The molecule has 0 aromatic carbocycles. The Labute approximate surface area is 700 Å². The summed E-state index contributed by atoms with van der Waals surface area (Å²) in [5.74, 6) is -5.10. The normalized spacial score (nSPS) is 10.0. The van der Waals surface area contributed by atoms with Crippen LogP contribution in [0.25, 0.3) is 0 Å². The Morgan fingerprint density at radius 3 is 0.857 bits per heavy atom. The summed E-state index contributed by atoms with van der Waals surface area (Å²) in [6.07, 6.45) is 8.69. The molecule has 36 heteroatoms. The Hall–Kier alpha value is -11.1. The van der Waals surface area contributed by atoms with E-state index in [0.29, 0.717) is 129 Å². The van der Waals surface area contributed by atoms with E-state index >= 15 is 0 Å². The molecule has 3 atom stereocenters. The largest absolute Gasteiger partial charge is 0.466 e. The van der Waals surface area contributed by atoms with Crippen molar-refractivity contribution in [1.82, 2.24) is 0 Å². The third kappa shape index (κ3) is 107. The molecule has 0 bridgehead atoms. The van der Waals surface area contributed by atoms with Gasteiger partial charge in [0, 0.05) is 109 Å². The number of aliphatic hydroxyl groups is 8. The summed E-state index contributed by atoms with van der Waals surface area (Å²) in [6, 6.07) is 7.50. The van der Waals surface area contributed by atoms with E-state index in [4.69, 9.17) is 95.1 Å². The first-order valence-electron chi connectivity index (χ1n) is 37.5. The molecule has 3 unspecified atom stereocenters. The summed E-state index contributed by atoms with van der Waals surface area (Å²) >= 11 is 0. The fraction of sp³-hybridized carbons (Fsp3) is 0.590. The van der Waals surface area contributed by atoms with Crippen LogP contribution in [-0.2, 0) is 114 Å². The monoisotopic (exact) mass is 1690 g/mol. The zero-order valence-electron chi connectivity index (χ0n) is 70.9. The lowest BCUT2D eigenvalue weighted by Crippen LogP contribution is -2.22. The first kappa shape index (κ1) is 126. The number of carbonyl (C=O) groups is 12. The molecule has 0 aliphatic carbocycles. The van der Waals surface area contributed by atoms with Crippen LogP contribution in [0.15, 0.2) is 109 Å². The number of ether oxygens (including phenoxy) is 12. The van der Waals surface area contributed by atoms with Crippen molar-refractivity contribution >= 4 is 71.6 Å². The van der Waals surface area contributed by atoms with Crippen LogP contribution < -0.4 is 0 Å². The highest BCUT2D eigenvalue weighted by molar-refractivity contribution is 5.90. The molecule has 0 saturated heterocycles. The molecule has 0 aromatic rings. The van der Waals surface area contributed by atoms with E-state index in [9.17, 15) is 57.5 Å². The van der Waals surface area contributed by atoms with E-state index in [1.807, 2.05) is 18.2 Å². The molecule has 0 rings (SSSR count). The first-order chi connectivity index (χ1) is 56.0. The van der Waals surface area contributed by atoms with E-state index in [-0.39, 0.29) is 147 Å². The molecule has 36 nitrogen and oxygen atoms in total. The van der Waals surface area contributed by atoms with Crippen molar-refractivity contribution in [3.8, 4) is 24.3 Å². The number of carbonyl (C=O) groups excluding carboxylic acids is 12. The Kier molecular flexibility index (Phi) is 98.0. The highest BCUT2D eigenvalue weighted by Gasteiger charge is 2.13. The van der Waals surface area contributed by atoms with Crippen LogP contribution in [0.4, 0.5) is 0 Å². The summed E-state index contributed by atoms with van der Waals surface area (Å²) in [7, 11) is 0. The standard InChI is InChI=1S/C18H30O7.C12H20O5.C9H13NO2.C8H11NO2.2C8H14O4.C7H9NO2.C7H12O4.C6H7NO2/c1-15(2)18(22)25-14-13-24-17(21)10-6-4-8-12-23-16(20)9-5-3-7-11-19;1-10(2)12(15)17-9-8-16-11(14)6-4-3-5-7-13;1-8(2)9(11)12-7-5-3-4-6-10;1-7(2)8(10)11-6-4-3-5-9;1-6(2)8(11)12-4-3-7(10)5-9;1-6(2)8(11)12-5-7(10)3-4-9;1-6(2)7(9)10-5-3-4-8;1-5(2)7(10)11-4-6(9)3-8;1-5(2)6(8)9-4-3-7/h19H,1,3-14H2,2H3;13H,1,3-9H2,2H3;1,3-5,7H2,2H3;1,3-4,6H2,2H3;2*7,9-10H,1,3-5H2,2H3;1,3,5H2,2H3;6,8-9H,1,3-4H2,2H3;1,4H2,2H3. The molecule has 0 saturated carbocycles. The van der Waals surface area contributed by atoms with Gasteiger partial charge in [-0.25, -0.2) is 43.2 Å². The lowest BCUT2D eigenvalue weighted by atomic mass is 10.2. The Morgan fingerprint density at radius 2 is 0.529 bits per heavy atom. The van der Waals surface area contributed by atoms with Gasteiger partial charge < -0.3 is 97.7 Å². The second kappa shape index (κ2) is 92.5. The minimum Gasteiger partial charge on any atom is -0.466 e. The van der Waals surface area contributed by atoms with Crippen molar-refractivity contribution < 1.29 is 155 Å². The van der Waals surface area contributed by atoms with Crippen molar-refractivity contribution in [2.75, 3.05) is 112 Å². The van der Waals surface area contributed by atoms with Crippen molar-refractivity contribution in [3.05, 3.63) is 109 Å². The van der Waals surface area contributed by atoms with Crippen molar-refractivity contribution in [2.45, 2.75) is 209 Å². The van der Waals surface area contributed by atoms with Crippen molar-refractivity contribution in [3.63, 3.8) is 0 Å². The molecular formula is C83H130N4O32. The number of hydrogen-bond donors (Lipinski definition) is 8. The number of nitrogens with zero attached hydrogens (tertiary/aromatic N) is 4. The maximum absolute atomic E-state index is 11.5. The minimum atomic E-state index is -1.00. The Bertz CT molecular complexity index is 3200. The first-order valence-corrected chi connectivity index (χ1v) is 37.5. The second-order valence-electron chi connectivity index (χ2n) is 24.7. The van der Waals surface area contributed by atoms with Crippen LogP contribution in [0.2, 0.25) is 0 Å². The van der Waals surface area contributed by atoms with Crippen LogP contribution >= 0.6 is 0 Å². The number of hydrogen-bond acceptors (Lipinski definition) is 36. The molecule has 0 aliphatic rings. The van der Waals surface area contributed by atoms with Gasteiger partial charge in [-0.15, -0.1) is 0 Å². The topological polar surface area (TPSA) is 573 Å². The summed E-state index contributed by atoms with van der Waals surface area (Å²) in [5, 5.41) is 101. The molecule has 0 aliphatic heterocycles. The SMILES string of the molecule is C=C(C)C(=O)OCC#N.C=C(C)C(=O)OCC(O)CCO.C=C(C)C(=O)OCC(O)CO.C=C(C)C(=O)OCCC#N.C=C(C)C(=O)OCCC(O)CO.C=C(C)C(=O)OCCCC#N.C=C(C)C(=O)OCCCCC#N.C=C(C)C(=O)OCCOC(=O)CCCCCO.C=C(C)C(=O)OCCOC(=O)CCCCCOC(=O)CCCCCO. The Morgan fingerprint density at radius 1 is 0.261 bits per heavy atom. The van der Waals surface area contributed by atoms with Gasteiger partial charge in [0.1, 0.15) is 58.4 Å². The van der Waals surface area contributed by atoms with Gasteiger partial charge in [0.25, 0.3) is 0 Å². The van der Waals surface area contributed by atoms with E-state index in [0.717, 1.165) is 38.5 Å². The third-order valence-electron chi connectivity index (χ3n) is 12.3. The smallest absolute Gasteiger partial charge is 0.334 e. The van der Waals surface area contributed by atoms with Crippen LogP contribution in [0.1, 0.15) is 191 Å². The zero-order valence-corrected chi connectivity index (χ0v) is 70.9. The van der Waals surface area contributed by atoms with Crippen LogP contribution in [-0.4, -0.2) is 243 Å². The molecule has 119 heavy (non-hydrogen) atoms.